The molecule has 4 rings (SSSR count). The lowest BCUT2D eigenvalue weighted by atomic mass is 9.87. The van der Waals surface area contributed by atoms with Crippen LogP contribution in [-0.4, -0.2) is 28.8 Å². The van der Waals surface area contributed by atoms with Crippen LogP contribution in [0.2, 0.25) is 0 Å². The van der Waals surface area contributed by atoms with E-state index in [1.54, 1.807) is 18.7 Å². The van der Waals surface area contributed by atoms with E-state index >= 15 is 0 Å². The van der Waals surface area contributed by atoms with Crippen molar-refractivity contribution in [2.75, 3.05) is 13.2 Å². The van der Waals surface area contributed by atoms with Crippen molar-refractivity contribution in [1.29, 1.82) is 0 Å². The molecule has 2 aromatic carbocycles. The molecule has 1 saturated heterocycles. The van der Waals surface area contributed by atoms with Crippen LogP contribution in [0.25, 0.3) is 5.57 Å². The summed E-state index contributed by atoms with van der Waals surface area (Å²) in [4.78, 5) is 11.1. The van der Waals surface area contributed by atoms with E-state index in [-0.39, 0.29) is 5.78 Å². The lowest BCUT2D eigenvalue weighted by Crippen LogP contribution is -2.19. The number of hydrogen-bond donors (Lipinski definition) is 0. The Hall–Kier alpha value is -2.98. The van der Waals surface area contributed by atoms with Crippen molar-refractivity contribution in [3.8, 4) is 0 Å². The Labute approximate surface area is 230 Å². The third kappa shape index (κ3) is 8.26. The van der Waals surface area contributed by atoms with E-state index in [9.17, 15) is 4.79 Å². The van der Waals surface area contributed by atoms with Crippen molar-refractivity contribution in [3.05, 3.63) is 94.3 Å². The van der Waals surface area contributed by atoms with Crippen molar-refractivity contribution >= 4 is 11.4 Å². The van der Waals surface area contributed by atoms with Gasteiger partial charge >= 0.3 is 0 Å². The minimum Gasteiger partial charge on any atom is -0.381 e. The first-order valence-electron chi connectivity index (χ1n) is 14.4. The van der Waals surface area contributed by atoms with Gasteiger partial charge in [0.25, 0.3) is 0 Å². The van der Waals surface area contributed by atoms with Gasteiger partial charge in [-0.25, -0.2) is 0 Å². The molecule has 0 unspecified atom stereocenters. The third-order valence-corrected chi connectivity index (χ3v) is 7.24. The van der Waals surface area contributed by atoms with E-state index in [1.165, 1.54) is 53.5 Å². The van der Waals surface area contributed by atoms with Crippen LogP contribution in [0, 0.1) is 6.92 Å². The molecule has 4 heteroatoms. The summed E-state index contributed by atoms with van der Waals surface area (Å²) in [6.07, 6.45) is 10.2. The molecular formula is C34H46N2O2. The molecule has 0 aliphatic carbocycles. The number of aromatic nitrogens is 2. The minimum absolute atomic E-state index is 0.0725. The highest BCUT2D eigenvalue weighted by Gasteiger charge is 2.17. The summed E-state index contributed by atoms with van der Waals surface area (Å²) >= 11 is 0. The summed E-state index contributed by atoms with van der Waals surface area (Å²) in [7, 11) is 0. The first kappa shape index (κ1) is 29.6. The number of ether oxygens (including phenoxy) is 1. The molecule has 2 heterocycles. The van der Waals surface area contributed by atoms with E-state index < -0.39 is 0 Å². The van der Waals surface area contributed by atoms with Crippen LogP contribution in [0.5, 0.6) is 0 Å². The quantitative estimate of drug-likeness (QED) is 0.268. The highest BCUT2D eigenvalue weighted by Crippen LogP contribution is 2.32. The normalized spacial score (nSPS) is 13.7. The zero-order valence-electron chi connectivity index (χ0n) is 24.3. The molecule has 0 radical (unpaired) electrons. The summed E-state index contributed by atoms with van der Waals surface area (Å²) in [6.45, 7) is 14.4. The smallest absolute Gasteiger partial charge is 0.162 e. The van der Waals surface area contributed by atoms with Crippen LogP contribution >= 0.6 is 0 Å². The van der Waals surface area contributed by atoms with E-state index in [4.69, 9.17) is 4.74 Å². The van der Waals surface area contributed by atoms with Crippen molar-refractivity contribution in [2.24, 2.45) is 0 Å². The highest BCUT2D eigenvalue weighted by molar-refractivity contribution is 5.93. The second-order valence-corrected chi connectivity index (χ2v) is 10.7. The van der Waals surface area contributed by atoms with Gasteiger partial charge in [0.05, 0.1) is 17.8 Å². The molecule has 0 atom stereocenters. The fraction of sp³-hybridized carbons (Fsp3) is 0.471. The Morgan fingerprint density at radius 2 is 1.47 bits per heavy atom. The van der Waals surface area contributed by atoms with Gasteiger partial charge in [-0.1, -0.05) is 100 Å². The number of aryl methyl sites for hydroxylation is 1. The molecule has 0 amide bonds. The zero-order chi connectivity index (χ0) is 27.5. The maximum absolute atomic E-state index is 11.1. The predicted octanol–water partition coefficient (Wildman–Crippen LogP) is 8.96. The fourth-order valence-corrected chi connectivity index (χ4v) is 4.98. The van der Waals surface area contributed by atoms with Crippen LogP contribution < -0.4 is 0 Å². The Bertz CT molecular complexity index is 1160. The summed E-state index contributed by atoms with van der Waals surface area (Å²) in [5, 5.41) is 4.20. The topological polar surface area (TPSA) is 44.1 Å². The van der Waals surface area contributed by atoms with Gasteiger partial charge in [-0.3, -0.25) is 9.48 Å². The lowest BCUT2D eigenvalue weighted by molar-refractivity contribution is 0.0662. The van der Waals surface area contributed by atoms with Gasteiger partial charge in [-0.2, -0.15) is 5.10 Å². The minimum atomic E-state index is 0.0725. The molecule has 0 spiro atoms. The van der Waals surface area contributed by atoms with Gasteiger partial charge in [0.2, 0.25) is 0 Å². The van der Waals surface area contributed by atoms with E-state index in [0.717, 1.165) is 26.1 Å². The molecule has 1 fully saturated rings. The maximum atomic E-state index is 11.1. The Morgan fingerprint density at radius 3 is 1.95 bits per heavy atom. The number of Topliss-reactive ketones (excluding diaryl/α,β-unsaturated/α-hetero) is 1. The van der Waals surface area contributed by atoms with Gasteiger partial charge in [0.1, 0.15) is 0 Å². The van der Waals surface area contributed by atoms with Gasteiger partial charge in [0, 0.05) is 19.4 Å². The molecule has 0 bridgehead atoms. The van der Waals surface area contributed by atoms with Crippen LogP contribution in [0.3, 0.4) is 0 Å². The fourth-order valence-electron chi connectivity index (χ4n) is 4.98. The van der Waals surface area contributed by atoms with Crippen LogP contribution in [0.4, 0.5) is 0 Å². The van der Waals surface area contributed by atoms with E-state index in [0.29, 0.717) is 17.5 Å². The monoisotopic (exact) mass is 514 g/mol. The zero-order valence-corrected chi connectivity index (χ0v) is 24.3. The Balaban J connectivity index is 0.000000241. The molecule has 0 saturated carbocycles. The predicted molar refractivity (Wildman–Crippen MR) is 159 cm³/mol. The molecule has 4 nitrogen and oxygen atoms in total. The van der Waals surface area contributed by atoms with Gasteiger partial charge in [-0.15, -0.1) is 0 Å². The number of nitrogens with zero attached hydrogens (tertiary/aromatic N) is 2. The van der Waals surface area contributed by atoms with Gasteiger partial charge in [0.15, 0.2) is 5.78 Å². The van der Waals surface area contributed by atoms with Gasteiger partial charge < -0.3 is 4.74 Å². The van der Waals surface area contributed by atoms with E-state index in [1.807, 2.05) is 10.9 Å². The summed E-state index contributed by atoms with van der Waals surface area (Å²) in [5.74, 6) is 0.653. The SMILES string of the molecule is CC(=O)c1cnn(C2CCOCC2)c1.CCCC(CCC)=C(c1ccc(C)cc1)c1ccc(C(C)C)cc1. The molecule has 0 N–H and O–H groups in total. The maximum Gasteiger partial charge on any atom is 0.162 e. The van der Waals surface area contributed by atoms with E-state index in [2.05, 4.69) is 88.2 Å². The van der Waals surface area contributed by atoms with Crippen molar-refractivity contribution in [2.45, 2.75) is 92.0 Å². The molecule has 38 heavy (non-hydrogen) atoms. The van der Waals surface area contributed by atoms with Gasteiger partial charge in [-0.05, 0) is 67.7 Å². The lowest BCUT2D eigenvalue weighted by Gasteiger charge is -2.22. The van der Waals surface area contributed by atoms with Crippen LogP contribution in [0.1, 0.15) is 118 Å². The van der Waals surface area contributed by atoms with Crippen molar-refractivity contribution in [1.82, 2.24) is 9.78 Å². The second-order valence-electron chi connectivity index (χ2n) is 10.7. The number of ketones is 1. The first-order valence-corrected chi connectivity index (χ1v) is 14.4. The summed E-state index contributed by atoms with van der Waals surface area (Å²) in [5.41, 5.74) is 9.19. The number of carbonyl (C=O) groups excluding carboxylic acids is 1. The number of allylic oxidation sites excluding steroid dienone is 1. The largest absolute Gasteiger partial charge is 0.381 e. The third-order valence-electron chi connectivity index (χ3n) is 7.24. The number of carbonyl (C=O) groups is 1. The summed E-state index contributed by atoms with van der Waals surface area (Å²) in [6, 6.07) is 18.6. The molecule has 204 valence electrons. The highest BCUT2D eigenvalue weighted by atomic mass is 16.5. The first-order chi connectivity index (χ1) is 18.3. The molecule has 1 aliphatic rings. The number of rotatable bonds is 9. The molecule has 1 aliphatic heterocycles. The number of benzene rings is 2. The average molecular weight is 515 g/mol. The second kappa shape index (κ2) is 14.8. The molecule has 3 aromatic rings. The molecule has 1 aromatic heterocycles. The average Bonchev–Trinajstić information content (AvgIpc) is 3.42. The molecular weight excluding hydrogens is 468 g/mol. The number of hydrogen-bond acceptors (Lipinski definition) is 3. The van der Waals surface area contributed by atoms with Crippen molar-refractivity contribution < 1.29 is 9.53 Å². The standard InChI is InChI=1S/C24H32.C10H14N2O2/c1-6-8-21(9-7-2)24(22-12-10-19(5)11-13-22)23-16-14-20(15-17-23)18(3)4;1-8(13)9-6-11-12(7-9)10-2-4-14-5-3-10/h10-18H,6-9H2,1-5H3;6-7,10H,2-5H2,1H3. The van der Waals surface area contributed by atoms with Crippen LogP contribution in [-0.2, 0) is 4.74 Å². The Kier molecular flexibility index (Phi) is 11.5. The van der Waals surface area contributed by atoms with Crippen LogP contribution in [0.15, 0.2) is 66.5 Å². The Morgan fingerprint density at radius 1 is 0.921 bits per heavy atom. The summed E-state index contributed by atoms with van der Waals surface area (Å²) < 4.78 is 7.16. The van der Waals surface area contributed by atoms with Crippen molar-refractivity contribution in [3.63, 3.8) is 0 Å².